The highest BCUT2D eigenvalue weighted by Gasteiger charge is 2.32. The summed E-state index contributed by atoms with van der Waals surface area (Å²) in [6, 6.07) is 3.61. The summed E-state index contributed by atoms with van der Waals surface area (Å²) < 4.78 is 50.0. The number of ether oxygens (including phenoxy) is 3. The van der Waals surface area contributed by atoms with Crippen LogP contribution < -0.4 is 9.47 Å². The van der Waals surface area contributed by atoms with Crippen molar-refractivity contribution < 1.29 is 32.2 Å². The van der Waals surface area contributed by atoms with Gasteiger partial charge >= 0.3 is 12.3 Å². The first-order valence-electron chi connectivity index (χ1n) is 5.55. The van der Waals surface area contributed by atoms with Crippen LogP contribution in [0.1, 0.15) is 13.8 Å². The zero-order valence-corrected chi connectivity index (χ0v) is 12.2. The van der Waals surface area contributed by atoms with Crippen molar-refractivity contribution in [2.75, 3.05) is 6.61 Å². The van der Waals surface area contributed by atoms with Gasteiger partial charge in [-0.2, -0.15) is 0 Å². The number of hydrogen-bond acceptors (Lipinski definition) is 4. The molecule has 0 saturated heterocycles. The summed E-state index contributed by atoms with van der Waals surface area (Å²) in [4.78, 5) is 11.2. The van der Waals surface area contributed by atoms with Gasteiger partial charge in [0.25, 0.3) is 0 Å². The second-order valence-electron chi connectivity index (χ2n) is 3.97. The van der Waals surface area contributed by atoms with Gasteiger partial charge in [0.2, 0.25) is 0 Å². The lowest BCUT2D eigenvalue weighted by Crippen LogP contribution is -2.19. The number of carbonyl (C=O) groups is 1. The first-order valence-corrected chi connectivity index (χ1v) is 6.34. The van der Waals surface area contributed by atoms with Gasteiger partial charge < -0.3 is 14.2 Å². The minimum Gasteiger partial charge on any atom is -0.482 e. The summed E-state index contributed by atoms with van der Waals surface area (Å²) in [6.07, 6.45) is -5.04. The smallest absolute Gasteiger partial charge is 0.482 e. The molecule has 1 aromatic rings. The third-order valence-corrected chi connectivity index (χ3v) is 2.47. The fourth-order valence-electron chi connectivity index (χ4n) is 1.22. The van der Waals surface area contributed by atoms with E-state index in [1.807, 2.05) is 0 Å². The maximum Gasteiger partial charge on any atom is 0.573 e. The lowest BCUT2D eigenvalue weighted by atomic mass is 10.3. The summed E-state index contributed by atoms with van der Waals surface area (Å²) in [5, 5.41) is 0. The Kier molecular flexibility index (Phi) is 5.67. The van der Waals surface area contributed by atoms with Crippen LogP contribution >= 0.6 is 15.9 Å². The van der Waals surface area contributed by atoms with Crippen LogP contribution in [0, 0.1) is 0 Å². The van der Waals surface area contributed by atoms with E-state index in [0.717, 1.165) is 6.07 Å². The Morgan fingerprint density at radius 1 is 1.35 bits per heavy atom. The average Bonchev–Trinajstić information content (AvgIpc) is 2.27. The quantitative estimate of drug-likeness (QED) is 0.755. The number of esters is 1. The van der Waals surface area contributed by atoms with E-state index < -0.39 is 18.1 Å². The summed E-state index contributed by atoms with van der Waals surface area (Å²) in [5.74, 6) is -0.742. The molecule has 0 N–H and O–H groups in total. The summed E-state index contributed by atoms with van der Waals surface area (Å²) in [6.45, 7) is 3.06. The van der Waals surface area contributed by atoms with Crippen LogP contribution in [0.25, 0.3) is 0 Å². The molecule has 0 saturated carbocycles. The minimum absolute atomic E-state index is 0.0598. The molecule has 0 radical (unpaired) electrons. The molecule has 0 atom stereocenters. The van der Waals surface area contributed by atoms with E-state index >= 15 is 0 Å². The van der Waals surface area contributed by atoms with Crippen molar-refractivity contribution in [1.82, 2.24) is 0 Å². The second-order valence-corrected chi connectivity index (χ2v) is 4.82. The molecule has 0 amide bonds. The van der Waals surface area contributed by atoms with Gasteiger partial charge in [0.1, 0.15) is 11.5 Å². The standard InChI is InChI=1S/C12H12BrF3O4/c1-7(2)19-11(17)6-18-8-3-4-10(9(13)5-8)20-12(14,15)16/h3-5,7H,6H2,1-2H3. The highest BCUT2D eigenvalue weighted by atomic mass is 79.9. The summed E-state index contributed by atoms with van der Waals surface area (Å²) in [5.41, 5.74) is 0. The molecule has 20 heavy (non-hydrogen) atoms. The first kappa shape index (κ1) is 16.6. The molecule has 1 rings (SSSR count). The van der Waals surface area contributed by atoms with Crippen LogP contribution in [0.4, 0.5) is 13.2 Å². The average molecular weight is 357 g/mol. The van der Waals surface area contributed by atoms with E-state index in [-0.39, 0.29) is 22.9 Å². The molecule has 0 bridgehead atoms. The van der Waals surface area contributed by atoms with Gasteiger partial charge in [0, 0.05) is 0 Å². The Bertz CT molecular complexity index is 474. The molecular weight excluding hydrogens is 345 g/mol. The molecule has 0 unspecified atom stereocenters. The molecule has 112 valence electrons. The van der Waals surface area contributed by atoms with E-state index in [0.29, 0.717) is 0 Å². The third kappa shape index (κ3) is 6.14. The molecule has 1 aromatic carbocycles. The summed E-state index contributed by atoms with van der Waals surface area (Å²) >= 11 is 2.93. The van der Waals surface area contributed by atoms with Gasteiger partial charge in [-0.3, -0.25) is 0 Å². The third-order valence-electron chi connectivity index (χ3n) is 1.85. The maximum atomic E-state index is 12.1. The van der Waals surface area contributed by atoms with E-state index in [1.165, 1.54) is 12.1 Å². The predicted octanol–water partition coefficient (Wildman–Crippen LogP) is 3.68. The van der Waals surface area contributed by atoms with Crippen molar-refractivity contribution in [3.8, 4) is 11.5 Å². The molecule has 0 aliphatic carbocycles. The number of alkyl halides is 3. The predicted molar refractivity (Wildman–Crippen MR) is 67.5 cm³/mol. The molecule has 0 heterocycles. The van der Waals surface area contributed by atoms with Crippen LogP contribution in [0.5, 0.6) is 11.5 Å². The van der Waals surface area contributed by atoms with Gasteiger partial charge in [-0.25, -0.2) is 4.79 Å². The van der Waals surface area contributed by atoms with Gasteiger partial charge in [0.15, 0.2) is 6.61 Å². The lowest BCUT2D eigenvalue weighted by molar-refractivity contribution is -0.274. The van der Waals surface area contributed by atoms with Crippen LogP contribution in [-0.2, 0) is 9.53 Å². The SMILES string of the molecule is CC(C)OC(=O)COc1ccc(OC(F)(F)F)c(Br)c1. The number of hydrogen-bond donors (Lipinski definition) is 0. The zero-order valence-electron chi connectivity index (χ0n) is 10.7. The van der Waals surface area contributed by atoms with Crippen molar-refractivity contribution >= 4 is 21.9 Å². The molecule has 0 aliphatic heterocycles. The van der Waals surface area contributed by atoms with E-state index in [9.17, 15) is 18.0 Å². The fraction of sp³-hybridized carbons (Fsp3) is 0.417. The van der Waals surface area contributed by atoms with Gasteiger partial charge in [-0.1, -0.05) is 0 Å². The Balaban J connectivity index is 2.62. The van der Waals surface area contributed by atoms with E-state index in [4.69, 9.17) is 9.47 Å². The first-order chi connectivity index (χ1) is 9.17. The molecule has 0 aliphatic rings. The number of rotatable bonds is 5. The van der Waals surface area contributed by atoms with Crippen molar-refractivity contribution in [1.29, 1.82) is 0 Å². The van der Waals surface area contributed by atoms with Crippen molar-refractivity contribution in [2.24, 2.45) is 0 Å². The number of benzene rings is 1. The molecule has 4 nitrogen and oxygen atoms in total. The maximum absolute atomic E-state index is 12.1. The van der Waals surface area contributed by atoms with Gasteiger partial charge in [-0.15, -0.1) is 13.2 Å². The van der Waals surface area contributed by atoms with E-state index in [1.54, 1.807) is 13.8 Å². The summed E-state index contributed by atoms with van der Waals surface area (Å²) in [7, 11) is 0. The number of halogens is 4. The second kappa shape index (κ2) is 6.83. The molecule has 0 aromatic heterocycles. The van der Waals surface area contributed by atoms with Crippen LogP contribution in [0.2, 0.25) is 0 Å². The lowest BCUT2D eigenvalue weighted by Gasteiger charge is -2.12. The molecule has 8 heteroatoms. The van der Waals surface area contributed by atoms with Crippen molar-refractivity contribution in [3.05, 3.63) is 22.7 Å². The van der Waals surface area contributed by atoms with Crippen LogP contribution in [-0.4, -0.2) is 25.0 Å². The number of carbonyl (C=O) groups excluding carboxylic acids is 1. The topological polar surface area (TPSA) is 44.8 Å². The molecule has 0 fully saturated rings. The molecule has 0 spiro atoms. The van der Waals surface area contributed by atoms with Crippen molar-refractivity contribution in [2.45, 2.75) is 26.3 Å². The van der Waals surface area contributed by atoms with Gasteiger partial charge in [0.05, 0.1) is 10.6 Å². The van der Waals surface area contributed by atoms with Crippen LogP contribution in [0.15, 0.2) is 22.7 Å². The highest BCUT2D eigenvalue weighted by molar-refractivity contribution is 9.10. The van der Waals surface area contributed by atoms with E-state index in [2.05, 4.69) is 20.7 Å². The van der Waals surface area contributed by atoms with Crippen LogP contribution in [0.3, 0.4) is 0 Å². The monoisotopic (exact) mass is 356 g/mol. The normalized spacial score (nSPS) is 11.3. The highest BCUT2D eigenvalue weighted by Crippen LogP contribution is 2.33. The Hall–Kier alpha value is -1.44. The van der Waals surface area contributed by atoms with Gasteiger partial charge in [-0.05, 0) is 48.0 Å². The van der Waals surface area contributed by atoms with Crippen molar-refractivity contribution in [3.63, 3.8) is 0 Å². The Morgan fingerprint density at radius 2 is 2.00 bits per heavy atom. The minimum atomic E-state index is -4.77. The Morgan fingerprint density at radius 3 is 2.50 bits per heavy atom. The Labute approximate surface area is 121 Å². The fourth-order valence-corrected chi connectivity index (χ4v) is 1.66. The molecular formula is C12H12BrF3O4. The zero-order chi connectivity index (χ0) is 15.3. The largest absolute Gasteiger partial charge is 0.573 e.